The molecule has 22 heavy (non-hydrogen) atoms. The summed E-state index contributed by atoms with van der Waals surface area (Å²) < 4.78 is 6.79. The van der Waals surface area contributed by atoms with Crippen molar-refractivity contribution in [3.8, 4) is 5.75 Å². The molecule has 1 aromatic carbocycles. The van der Waals surface area contributed by atoms with Gasteiger partial charge in [-0.25, -0.2) is 0 Å². The Labute approximate surface area is 140 Å². The molecule has 0 unspecified atom stereocenters. The highest BCUT2D eigenvalue weighted by atomic mass is 79.9. The van der Waals surface area contributed by atoms with Gasteiger partial charge in [0.2, 0.25) is 0 Å². The van der Waals surface area contributed by atoms with Gasteiger partial charge in [-0.1, -0.05) is 15.9 Å². The summed E-state index contributed by atoms with van der Waals surface area (Å²) in [5.74, 6) is 0.913. The number of nitrogens with two attached hydrogens (primary N) is 1. The zero-order valence-electron chi connectivity index (χ0n) is 12.8. The van der Waals surface area contributed by atoms with Crippen LogP contribution in [-0.4, -0.2) is 68.0 Å². The van der Waals surface area contributed by atoms with Crippen molar-refractivity contribution in [1.29, 1.82) is 0 Å². The maximum Gasteiger partial charge on any atom is 0.137 e. The second-order valence-electron chi connectivity index (χ2n) is 5.60. The lowest BCUT2D eigenvalue weighted by Gasteiger charge is -2.35. The van der Waals surface area contributed by atoms with Crippen LogP contribution in [0.15, 0.2) is 28.7 Å². The number of rotatable bonds is 8. The van der Waals surface area contributed by atoms with Crippen molar-refractivity contribution >= 4 is 22.2 Å². The number of piperazine rings is 1. The summed E-state index contributed by atoms with van der Waals surface area (Å²) in [5.41, 5.74) is 5.66. The lowest BCUT2D eigenvalue weighted by Crippen LogP contribution is -2.50. The van der Waals surface area contributed by atoms with E-state index in [-0.39, 0.29) is 6.04 Å². The fourth-order valence-corrected chi connectivity index (χ4v) is 2.81. The van der Waals surface area contributed by atoms with Crippen molar-refractivity contribution in [2.45, 2.75) is 12.5 Å². The first-order chi connectivity index (χ1) is 10.7. The molecule has 1 heterocycles. The van der Waals surface area contributed by atoms with Gasteiger partial charge in [0.05, 0.1) is 12.6 Å². The quantitative estimate of drug-likeness (QED) is 0.553. The molecule has 1 atom stereocenters. The van der Waals surface area contributed by atoms with Crippen LogP contribution in [0.2, 0.25) is 0 Å². The number of halogens is 1. The van der Waals surface area contributed by atoms with Gasteiger partial charge in [0.15, 0.2) is 0 Å². The Morgan fingerprint density at radius 1 is 1.18 bits per heavy atom. The molecule has 0 aromatic heterocycles. The number of nitrogens with zero attached hydrogens (tertiary/aromatic N) is 2. The first kappa shape index (κ1) is 17.4. The molecular weight excluding hydrogens is 346 g/mol. The molecule has 1 saturated heterocycles. The maximum absolute atomic E-state index is 10.6. The molecule has 1 aliphatic rings. The summed E-state index contributed by atoms with van der Waals surface area (Å²) in [4.78, 5) is 15.3. The predicted octanol–water partition coefficient (Wildman–Crippen LogP) is 1.36. The van der Waals surface area contributed by atoms with Crippen molar-refractivity contribution in [2.24, 2.45) is 5.73 Å². The van der Waals surface area contributed by atoms with Crippen LogP contribution in [0.4, 0.5) is 0 Å². The van der Waals surface area contributed by atoms with Gasteiger partial charge < -0.3 is 20.2 Å². The van der Waals surface area contributed by atoms with E-state index in [0.717, 1.165) is 62.3 Å². The lowest BCUT2D eigenvalue weighted by molar-refractivity contribution is -0.109. The van der Waals surface area contributed by atoms with Gasteiger partial charge in [-0.2, -0.15) is 0 Å². The highest BCUT2D eigenvalue weighted by molar-refractivity contribution is 9.10. The highest BCUT2D eigenvalue weighted by Crippen LogP contribution is 2.16. The smallest absolute Gasteiger partial charge is 0.137 e. The number of hydrogen-bond donors (Lipinski definition) is 1. The summed E-state index contributed by atoms with van der Waals surface area (Å²) in [6.07, 6.45) is 1.84. The Hall–Kier alpha value is -0.950. The number of aldehydes is 1. The fourth-order valence-electron chi connectivity index (χ4n) is 2.55. The van der Waals surface area contributed by atoms with Crippen molar-refractivity contribution in [1.82, 2.24) is 9.80 Å². The Morgan fingerprint density at radius 2 is 1.82 bits per heavy atom. The zero-order chi connectivity index (χ0) is 15.8. The molecule has 6 heteroatoms. The molecule has 0 radical (unpaired) electrons. The molecule has 2 N–H and O–H groups in total. The fraction of sp³-hybridized carbons (Fsp3) is 0.562. The first-order valence-electron chi connectivity index (χ1n) is 7.71. The van der Waals surface area contributed by atoms with Crippen LogP contribution in [0.25, 0.3) is 0 Å². The topological polar surface area (TPSA) is 58.8 Å². The highest BCUT2D eigenvalue weighted by Gasteiger charge is 2.17. The van der Waals surface area contributed by atoms with E-state index in [4.69, 9.17) is 10.5 Å². The molecule has 1 aliphatic heterocycles. The van der Waals surface area contributed by atoms with Crippen LogP contribution in [0.5, 0.6) is 5.75 Å². The number of carbonyl (C=O) groups is 1. The van der Waals surface area contributed by atoms with Crippen molar-refractivity contribution in [3.63, 3.8) is 0 Å². The van der Waals surface area contributed by atoms with E-state index in [1.807, 2.05) is 24.3 Å². The Balaban J connectivity index is 1.57. The predicted molar refractivity (Wildman–Crippen MR) is 91.2 cm³/mol. The van der Waals surface area contributed by atoms with E-state index in [9.17, 15) is 4.79 Å². The SMILES string of the molecule is N[C@H](C=O)CN1CCN(CCCOc2ccc(Br)cc2)CC1. The minimum Gasteiger partial charge on any atom is -0.494 e. The van der Waals surface area contributed by atoms with Gasteiger partial charge in [0.25, 0.3) is 0 Å². The molecular formula is C16H24BrN3O2. The summed E-state index contributed by atoms with van der Waals surface area (Å²) in [5, 5.41) is 0. The minimum absolute atomic E-state index is 0.356. The lowest BCUT2D eigenvalue weighted by atomic mass is 10.2. The summed E-state index contributed by atoms with van der Waals surface area (Å²) in [6.45, 7) is 6.48. The number of ether oxygens (including phenoxy) is 1. The number of carbonyl (C=O) groups excluding carboxylic acids is 1. The molecule has 0 spiro atoms. The molecule has 0 bridgehead atoms. The second-order valence-corrected chi connectivity index (χ2v) is 6.51. The Kier molecular flexibility index (Phi) is 7.32. The molecule has 0 amide bonds. The largest absolute Gasteiger partial charge is 0.494 e. The van der Waals surface area contributed by atoms with Gasteiger partial charge >= 0.3 is 0 Å². The maximum atomic E-state index is 10.6. The van der Waals surface area contributed by atoms with Crippen molar-refractivity contribution < 1.29 is 9.53 Å². The summed E-state index contributed by atoms with van der Waals surface area (Å²) in [6, 6.07) is 7.56. The van der Waals surface area contributed by atoms with E-state index in [2.05, 4.69) is 25.7 Å². The number of hydrogen-bond acceptors (Lipinski definition) is 5. The van der Waals surface area contributed by atoms with Crippen LogP contribution in [-0.2, 0) is 4.79 Å². The Bertz CT molecular complexity index is 447. The third-order valence-corrected chi connectivity index (χ3v) is 4.34. The summed E-state index contributed by atoms with van der Waals surface area (Å²) >= 11 is 3.41. The van der Waals surface area contributed by atoms with Gasteiger partial charge in [-0.05, 0) is 30.7 Å². The third-order valence-electron chi connectivity index (χ3n) is 3.81. The monoisotopic (exact) mass is 369 g/mol. The van der Waals surface area contributed by atoms with Crippen molar-refractivity contribution in [2.75, 3.05) is 45.9 Å². The summed E-state index contributed by atoms with van der Waals surface area (Å²) in [7, 11) is 0. The van der Waals surface area contributed by atoms with Crippen LogP contribution < -0.4 is 10.5 Å². The van der Waals surface area contributed by atoms with Gasteiger partial charge in [-0.3, -0.25) is 4.90 Å². The van der Waals surface area contributed by atoms with E-state index in [0.29, 0.717) is 6.54 Å². The molecule has 5 nitrogen and oxygen atoms in total. The van der Waals surface area contributed by atoms with Crippen LogP contribution >= 0.6 is 15.9 Å². The van der Waals surface area contributed by atoms with Crippen molar-refractivity contribution in [3.05, 3.63) is 28.7 Å². The Morgan fingerprint density at radius 3 is 2.45 bits per heavy atom. The van der Waals surface area contributed by atoms with Crippen LogP contribution in [0, 0.1) is 0 Å². The third kappa shape index (κ3) is 6.04. The van der Waals surface area contributed by atoms with Gasteiger partial charge in [0.1, 0.15) is 12.0 Å². The van der Waals surface area contributed by atoms with E-state index < -0.39 is 0 Å². The van der Waals surface area contributed by atoms with Crippen LogP contribution in [0.3, 0.4) is 0 Å². The minimum atomic E-state index is -0.356. The van der Waals surface area contributed by atoms with E-state index in [1.165, 1.54) is 0 Å². The first-order valence-corrected chi connectivity index (χ1v) is 8.50. The van der Waals surface area contributed by atoms with E-state index >= 15 is 0 Å². The molecule has 1 fully saturated rings. The molecule has 1 aromatic rings. The number of benzene rings is 1. The standard InChI is InChI=1S/C16H24BrN3O2/c17-14-2-4-16(5-3-14)22-11-1-6-19-7-9-20(10-8-19)12-15(18)13-21/h2-5,13,15H,1,6-12,18H2/t15-/m0/s1. The normalized spacial score (nSPS) is 18.1. The average Bonchev–Trinajstić information content (AvgIpc) is 2.54. The van der Waals surface area contributed by atoms with E-state index in [1.54, 1.807) is 0 Å². The molecule has 0 saturated carbocycles. The molecule has 122 valence electrons. The molecule has 2 rings (SSSR count). The van der Waals surface area contributed by atoms with Gasteiger partial charge in [0, 0.05) is 43.7 Å². The zero-order valence-corrected chi connectivity index (χ0v) is 14.4. The van der Waals surface area contributed by atoms with Crippen LogP contribution in [0.1, 0.15) is 6.42 Å². The van der Waals surface area contributed by atoms with Gasteiger partial charge in [-0.15, -0.1) is 0 Å². The molecule has 0 aliphatic carbocycles. The second kappa shape index (κ2) is 9.25. The average molecular weight is 370 g/mol.